The Balaban J connectivity index is 1.93. The Morgan fingerprint density at radius 2 is 2.11 bits per heavy atom. The van der Waals surface area contributed by atoms with Crippen LogP contribution in [-0.2, 0) is 11.3 Å². The highest BCUT2D eigenvalue weighted by molar-refractivity contribution is 7.09. The van der Waals surface area contributed by atoms with Crippen LogP contribution < -0.4 is 5.32 Å². The molecule has 100 valence electrons. The van der Waals surface area contributed by atoms with E-state index in [9.17, 15) is 4.79 Å². The van der Waals surface area contributed by atoms with Gasteiger partial charge in [-0.1, -0.05) is 13.8 Å². The molecule has 19 heavy (non-hydrogen) atoms. The first kappa shape index (κ1) is 13.7. The van der Waals surface area contributed by atoms with Crippen molar-refractivity contribution in [2.24, 2.45) is 5.92 Å². The number of carbonyl (C=O) groups excluding carboxylic acids is 1. The topological polar surface area (TPSA) is 54.9 Å². The number of hydrogen-bond donors (Lipinski definition) is 1. The predicted molar refractivity (Wildman–Crippen MR) is 76.6 cm³/mol. The van der Waals surface area contributed by atoms with E-state index < -0.39 is 0 Å². The maximum absolute atomic E-state index is 11.6. The van der Waals surface area contributed by atoms with Crippen molar-refractivity contribution in [2.45, 2.75) is 26.8 Å². The number of nitrogens with zero attached hydrogens (tertiary/aromatic N) is 2. The Hall–Kier alpha value is -1.75. The summed E-state index contributed by atoms with van der Waals surface area (Å²) in [5, 5.41) is 5.81. The maximum Gasteiger partial charge on any atom is 0.220 e. The van der Waals surface area contributed by atoms with Crippen LogP contribution >= 0.6 is 11.3 Å². The van der Waals surface area contributed by atoms with Crippen LogP contribution in [0.1, 0.15) is 25.3 Å². The van der Waals surface area contributed by atoms with Gasteiger partial charge in [0.15, 0.2) is 0 Å². The van der Waals surface area contributed by atoms with Crippen molar-refractivity contribution in [3.63, 3.8) is 0 Å². The fourth-order valence-electron chi connectivity index (χ4n) is 1.66. The molecule has 2 aromatic heterocycles. The first-order valence-electron chi connectivity index (χ1n) is 6.26. The van der Waals surface area contributed by atoms with Crippen molar-refractivity contribution in [2.75, 3.05) is 0 Å². The lowest BCUT2D eigenvalue weighted by atomic mass is 10.1. The molecule has 2 aromatic rings. The van der Waals surface area contributed by atoms with Crippen molar-refractivity contribution in [3.05, 3.63) is 34.9 Å². The fraction of sp³-hybridized carbons (Fsp3) is 0.357. The van der Waals surface area contributed by atoms with Crippen LogP contribution in [0.4, 0.5) is 0 Å². The number of hydrogen-bond acceptors (Lipinski definition) is 4. The Morgan fingerprint density at radius 3 is 2.79 bits per heavy atom. The molecule has 2 rings (SSSR count). The summed E-state index contributed by atoms with van der Waals surface area (Å²) in [5.41, 5.74) is 1.98. The summed E-state index contributed by atoms with van der Waals surface area (Å²) in [6, 6.07) is 3.85. The van der Waals surface area contributed by atoms with Crippen molar-refractivity contribution in [3.8, 4) is 11.3 Å². The van der Waals surface area contributed by atoms with Gasteiger partial charge in [-0.25, -0.2) is 4.98 Å². The lowest BCUT2D eigenvalue weighted by molar-refractivity contribution is -0.121. The van der Waals surface area contributed by atoms with Crippen LogP contribution in [0.3, 0.4) is 0 Å². The van der Waals surface area contributed by atoms with Gasteiger partial charge in [0.05, 0.1) is 12.2 Å². The number of rotatable bonds is 5. The summed E-state index contributed by atoms with van der Waals surface area (Å²) in [6.07, 6.45) is 4.06. The third-order valence-corrected chi connectivity index (χ3v) is 3.41. The third-order valence-electron chi connectivity index (χ3n) is 2.56. The Labute approximate surface area is 116 Å². The second kappa shape index (κ2) is 6.43. The molecule has 0 saturated heterocycles. The van der Waals surface area contributed by atoms with Crippen LogP contribution in [-0.4, -0.2) is 15.9 Å². The molecule has 1 amide bonds. The number of nitrogens with one attached hydrogen (secondary N) is 1. The average molecular weight is 275 g/mol. The molecule has 5 heteroatoms. The molecule has 0 fully saturated rings. The van der Waals surface area contributed by atoms with Gasteiger partial charge in [-0.05, 0) is 18.1 Å². The van der Waals surface area contributed by atoms with Gasteiger partial charge in [-0.2, -0.15) is 0 Å². The largest absolute Gasteiger partial charge is 0.350 e. The van der Waals surface area contributed by atoms with Gasteiger partial charge in [0.2, 0.25) is 5.91 Å². The Kier molecular flexibility index (Phi) is 4.63. The summed E-state index contributed by atoms with van der Waals surface area (Å²) < 4.78 is 0. The molecular weight excluding hydrogens is 258 g/mol. The first-order chi connectivity index (χ1) is 9.15. The lowest BCUT2D eigenvalue weighted by Gasteiger charge is -2.04. The van der Waals surface area contributed by atoms with Gasteiger partial charge >= 0.3 is 0 Å². The van der Waals surface area contributed by atoms with Crippen molar-refractivity contribution in [1.82, 2.24) is 15.3 Å². The molecule has 0 aromatic carbocycles. The second-order valence-electron chi connectivity index (χ2n) is 4.74. The van der Waals surface area contributed by atoms with Crippen LogP contribution in [0.5, 0.6) is 0 Å². The number of thiazole rings is 1. The molecule has 0 aliphatic heterocycles. The van der Waals surface area contributed by atoms with E-state index >= 15 is 0 Å². The normalized spacial score (nSPS) is 10.7. The zero-order valence-electron chi connectivity index (χ0n) is 11.1. The van der Waals surface area contributed by atoms with Gasteiger partial charge < -0.3 is 5.32 Å². The Morgan fingerprint density at radius 1 is 1.37 bits per heavy atom. The zero-order chi connectivity index (χ0) is 13.7. The van der Waals surface area contributed by atoms with Crippen molar-refractivity contribution in [1.29, 1.82) is 0 Å². The summed E-state index contributed by atoms with van der Waals surface area (Å²) in [7, 11) is 0. The van der Waals surface area contributed by atoms with Crippen LogP contribution in [0.25, 0.3) is 11.3 Å². The van der Waals surface area contributed by atoms with Gasteiger partial charge in [0, 0.05) is 29.8 Å². The molecular formula is C14H17N3OS. The van der Waals surface area contributed by atoms with Crippen LogP contribution in [0.15, 0.2) is 29.9 Å². The maximum atomic E-state index is 11.6. The van der Waals surface area contributed by atoms with E-state index in [4.69, 9.17) is 0 Å². The van der Waals surface area contributed by atoms with E-state index in [1.807, 2.05) is 31.4 Å². The molecule has 1 N–H and O–H groups in total. The zero-order valence-corrected chi connectivity index (χ0v) is 11.9. The van der Waals surface area contributed by atoms with Gasteiger partial charge in [-0.3, -0.25) is 9.78 Å². The summed E-state index contributed by atoms with van der Waals surface area (Å²) in [4.78, 5) is 20.1. The monoisotopic (exact) mass is 275 g/mol. The highest BCUT2D eigenvalue weighted by Gasteiger charge is 2.07. The summed E-state index contributed by atoms with van der Waals surface area (Å²) in [6.45, 7) is 4.57. The Bertz CT molecular complexity index is 537. The van der Waals surface area contributed by atoms with E-state index in [2.05, 4.69) is 15.3 Å². The van der Waals surface area contributed by atoms with E-state index in [1.165, 1.54) is 0 Å². The van der Waals surface area contributed by atoms with Crippen molar-refractivity contribution < 1.29 is 4.79 Å². The standard InChI is InChI=1S/C14H17N3OS/c1-10(2)7-13(18)16-8-14-17-12(9-19-14)11-3-5-15-6-4-11/h3-6,9-10H,7-8H2,1-2H3,(H,16,18). The molecule has 0 atom stereocenters. The van der Waals surface area contributed by atoms with Gasteiger partial charge in [0.25, 0.3) is 0 Å². The highest BCUT2D eigenvalue weighted by Crippen LogP contribution is 2.20. The first-order valence-corrected chi connectivity index (χ1v) is 7.14. The van der Waals surface area contributed by atoms with Gasteiger partial charge in [-0.15, -0.1) is 11.3 Å². The minimum absolute atomic E-state index is 0.0793. The van der Waals surface area contributed by atoms with Crippen LogP contribution in [0.2, 0.25) is 0 Å². The van der Waals surface area contributed by atoms with Crippen molar-refractivity contribution >= 4 is 17.2 Å². The minimum atomic E-state index is 0.0793. The third kappa shape index (κ3) is 4.13. The molecule has 2 heterocycles. The number of carbonyl (C=O) groups is 1. The average Bonchev–Trinajstić information content (AvgIpc) is 2.85. The molecule has 0 saturated carbocycles. The lowest BCUT2D eigenvalue weighted by Crippen LogP contribution is -2.23. The fourth-order valence-corrected chi connectivity index (χ4v) is 2.41. The smallest absolute Gasteiger partial charge is 0.220 e. The van der Waals surface area contributed by atoms with E-state index in [-0.39, 0.29) is 5.91 Å². The quantitative estimate of drug-likeness (QED) is 0.913. The SMILES string of the molecule is CC(C)CC(=O)NCc1nc(-c2ccncc2)cs1. The molecule has 4 nitrogen and oxygen atoms in total. The molecule has 0 unspecified atom stereocenters. The minimum Gasteiger partial charge on any atom is -0.350 e. The molecule has 0 aliphatic rings. The molecule has 0 aliphatic carbocycles. The van der Waals surface area contributed by atoms with E-state index in [1.54, 1.807) is 23.7 Å². The number of aromatic nitrogens is 2. The molecule has 0 radical (unpaired) electrons. The highest BCUT2D eigenvalue weighted by atomic mass is 32.1. The van der Waals surface area contributed by atoms with E-state index in [0.29, 0.717) is 18.9 Å². The summed E-state index contributed by atoms with van der Waals surface area (Å²) >= 11 is 1.56. The number of pyridine rings is 1. The van der Waals surface area contributed by atoms with Gasteiger partial charge in [0.1, 0.15) is 5.01 Å². The van der Waals surface area contributed by atoms with E-state index in [0.717, 1.165) is 16.3 Å². The number of amides is 1. The van der Waals surface area contributed by atoms with Crippen LogP contribution in [0, 0.1) is 5.92 Å². The molecule has 0 bridgehead atoms. The second-order valence-corrected chi connectivity index (χ2v) is 5.68. The molecule has 0 spiro atoms. The predicted octanol–water partition coefficient (Wildman–Crippen LogP) is 2.87. The summed E-state index contributed by atoms with van der Waals surface area (Å²) in [5.74, 6) is 0.458.